The Morgan fingerprint density at radius 3 is 2.70 bits per heavy atom. The van der Waals surface area contributed by atoms with Crippen LogP contribution in [0.3, 0.4) is 0 Å². The number of rotatable bonds is 6. The molecule has 0 aliphatic carbocycles. The predicted molar refractivity (Wildman–Crippen MR) is 82.3 cm³/mol. The molecule has 1 aromatic carbocycles. The van der Waals surface area contributed by atoms with Crippen LogP contribution in [0.5, 0.6) is 0 Å². The van der Waals surface area contributed by atoms with Gasteiger partial charge in [0.1, 0.15) is 5.82 Å². The van der Waals surface area contributed by atoms with E-state index in [1.165, 1.54) is 18.4 Å². The number of hydrogen-bond donors (Lipinski definition) is 1. The first-order chi connectivity index (χ1) is 9.70. The fraction of sp³-hybridized carbons (Fsp3) is 0.647. The molecule has 0 amide bonds. The van der Waals surface area contributed by atoms with Gasteiger partial charge in [0.25, 0.3) is 0 Å². The number of halogens is 1. The topological polar surface area (TPSA) is 15.3 Å². The van der Waals surface area contributed by atoms with Gasteiger partial charge in [-0.3, -0.25) is 4.90 Å². The molecule has 2 nitrogen and oxygen atoms in total. The summed E-state index contributed by atoms with van der Waals surface area (Å²) in [6, 6.07) is 7.33. The zero-order chi connectivity index (χ0) is 14.4. The van der Waals surface area contributed by atoms with Gasteiger partial charge in [-0.15, -0.1) is 0 Å². The minimum absolute atomic E-state index is 0.153. The molecule has 1 saturated heterocycles. The molecule has 0 radical (unpaired) electrons. The van der Waals surface area contributed by atoms with E-state index in [0.717, 1.165) is 38.5 Å². The summed E-state index contributed by atoms with van der Waals surface area (Å²) in [6.45, 7) is 9.01. The summed E-state index contributed by atoms with van der Waals surface area (Å²) < 4.78 is 13.1. The highest BCUT2D eigenvalue weighted by Gasteiger charge is 2.21. The summed E-state index contributed by atoms with van der Waals surface area (Å²) in [7, 11) is 0. The Balaban J connectivity index is 2.00. The molecule has 0 bridgehead atoms. The zero-order valence-corrected chi connectivity index (χ0v) is 12.7. The lowest BCUT2D eigenvalue weighted by molar-refractivity contribution is 0.163. The van der Waals surface area contributed by atoms with Crippen molar-refractivity contribution in [2.75, 3.05) is 26.2 Å². The Hall–Kier alpha value is -0.930. The van der Waals surface area contributed by atoms with Gasteiger partial charge in [-0.05, 0) is 69.4 Å². The molecule has 1 N–H and O–H groups in total. The summed E-state index contributed by atoms with van der Waals surface area (Å²) in [5, 5.41) is 3.49. The molecular weight excluding hydrogens is 251 g/mol. The molecule has 112 valence electrons. The minimum atomic E-state index is -0.153. The van der Waals surface area contributed by atoms with E-state index in [0.29, 0.717) is 6.04 Å². The van der Waals surface area contributed by atoms with E-state index in [1.807, 2.05) is 12.1 Å². The van der Waals surface area contributed by atoms with Crippen LogP contribution in [0.4, 0.5) is 4.39 Å². The molecule has 0 spiro atoms. The third-order valence-electron chi connectivity index (χ3n) is 4.30. The van der Waals surface area contributed by atoms with Crippen molar-refractivity contribution in [3.63, 3.8) is 0 Å². The van der Waals surface area contributed by atoms with E-state index >= 15 is 0 Å². The second-order valence-electron chi connectivity index (χ2n) is 5.93. The normalized spacial score (nSPS) is 21.1. The van der Waals surface area contributed by atoms with E-state index in [9.17, 15) is 4.39 Å². The summed E-state index contributed by atoms with van der Waals surface area (Å²) >= 11 is 0. The second-order valence-corrected chi connectivity index (χ2v) is 5.93. The Labute approximate surface area is 122 Å². The molecule has 1 aliphatic rings. The highest BCUT2D eigenvalue weighted by molar-refractivity contribution is 5.19. The first-order valence-corrected chi connectivity index (χ1v) is 7.91. The van der Waals surface area contributed by atoms with Gasteiger partial charge in [0.15, 0.2) is 0 Å². The van der Waals surface area contributed by atoms with Gasteiger partial charge < -0.3 is 5.32 Å². The lowest BCUT2D eigenvalue weighted by atomic mass is 9.97. The van der Waals surface area contributed by atoms with Crippen LogP contribution in [0.2, 0.25) is 0 Å². The molecule has 1 aromatic rings. The quantitative estimate of drug-likeness (QED) is 0.855. The minimum Gasteiger partial charge on any atom is -0.316 e. The first-order valence-electron chi connectivity index (χ1n) is 7.91. The van der Waals surface area contributed by atoms with Crippen LogP contribution in [0.15, 0.2) is 24.3 Å². The standard InChI is InChI=1S/C17H27FN2/c1-3-11-20(13-15-5-4-10-19-12-15)14(2)16-6-8-17(18)9-7-16/h6-9,14-15,19H,3-5,10-13H2,1-2H3. The highest BCUT2D eigenvalue weighted by Crippen LogP contribution is 2.23. The van der Waals surface area contributed by atoms with Crippen molar-refractivity contribution in [2.45, 2.75) is 39.2 Å². The van der Waals surface area contributed by atoms with Gasteiger partial charge in [-0.2, -0.15) is 0 Å². The fourth-order valence-electron chi connectivity index (χ4n) is 3.09. The monoisotopic (exact) mass is 278 g/mol. The summed E-state index contributed by atoms with van der Waals surface area (Å²) in [5.74, 6) is 0.595. The molecule has 0 aromatic heterocycles. The lowest BCUT2D eigenvalue weighted by Gasteiger charge is -2.34. The first kappa shape index (κ1) is 15.5. The molecule has 1 fully saturated rings. The maximum atomic E-state index is 13.1. The van der Waals surface area contributed by atoms with Crippen LogP contribution < -0.4 is 5.32 Å². The average Bonchev–Trinajstić information content (AvgIpc) is 2.48. The molecule has 2 unspecified atom stereocenters. The zero-order valence-electron chi connectivity index (χ0n) is 12.7. The maximum Gasteiger partial charge on any atom is 0.123 e. The van der Waals surface area contributed by atoms with Gasteiger partial charge in [0.05, 0.1) is 0 Å². The summed E-state index contributed by atoms with van der Waals surface area (Å²) in [5.41, 5.74) is 1.21. The molecule has 1 heterocycles. The average molecular weight is 278 g/mol. The molecular formula is C17H27FN2. The molecule has 3 heteroatoms. The summed E-state index contributed by atoms with van der Waals surface area (Å²) in [6.07, 6.45) is 3.77. The highest BCUT2D eigenvalue weighted by atomic mass is 19.1. The van der Waals surface area contributed by atoms with Crippen LogP contribution in [0.25, 0.3) is 0 Å². The van der Waals surface area contributed by atoms with Gasteiger partial charge in [-0.25, -0.2) is 4.39 Å². The van der Waals surface area contributed by atoms with E-state index in [-0.39, 0.29) is 5.82 Å². The molecule has 0 saturated carbocycles. The van der Waals surface area contributed by atoms with Gasteiger partial charge in [-0.1, -0.05) is 19.1 Å². The van der Waals surface area contributed by atoms with Crippen molar-refractivity contribution >= 4 is 0 Å². The van der Waals surface area contributed by atoms with Crippen molar-refractivity contribution in [2.24, 2.45) is 5.92 Å². The Kier molecular flexibility index (Phi) is 5.99. The van der Waals surface area contributed by atoms with Crippen LogP contribution in [0, 0.1) is 11.7 Å². The van der Waals surface area contributed by atoms with E-state index < -0.39 is 0 Å². The van der Waals surface area contributed by atoms with Crippen LogP contribution in [0.1, 0.15) is 44.7 Å². The largest absolute Gasteiger partial charge is 0.316 e. The van der Waals surface area contributed by atoms with Gasteiger partial charge in [0.2, 0.25) is 0 Å². The van der Waals surface area contributed by atoms with E-state index in [1.54, 1.807) is 12.1 Å². The molecule has 1 aliphatic heterocycles. The number of nitrogens with one attached hydrogen (secondary N) is 1. The second kappa shape index (κ2) is 7.75. The van der Waals surface area contributed by atoms with Crippen LogP contribution >= 0.6 is 0 Å². The van der Waals surface area contributed by atoms with Gasteiger partial charge >= 0.3 is 0 Å². The van der Waals surface area contributed by atoms with E-state index in [4.69, 9.17) is 0 Å². The van der Waals surface area contributed by atoms with Gasteiger partial charge in [0, 0.05) is 12.6 Å². The van der Waals surface area contributed by atoms with E-state index in [2.05, 4.69) is 24.1 Å². The Morgan fingerprint density at radius 2 is 2.10 bits per heavy atom. The predicted octanol–water partition coefficient (Wildman–Crippen LogP) is 3.60. The third kappa shape index (κ3) is 4.29. The van der Waals surface area contributed by atoms with Crippen LogP contribution in [-0.4, -0.2) is 31.1 Å². The van der Waals surface area contributed by atoms with Crippen molar-refractivity contribution in [1.82, 2.24) is 10.2 Å². The number of piperidine rings is 1. The van der Waals surface area contributed by atoms with Crippen molar-refractivity contribution in [3.05, 3.63) is 35.6 Å². The smallest absolute Gasteiger partial charge is 0.123 e. The summed E-state index contributed by atoms with van der Waals surface area (Å²) in [4.78, 5) is 2.55. The Bertz CT molecular complexity index is 384. The maximum absolute atomic E-state index is 13.1. The fourth-order valence-corrected chi connectivity index (χ4v) is 3.09. The lowest BCUT2D eigenvalue weighted by Crippen LogP contribution is -2.39. The van der Waals surface area contributed by atoms with Crippen molar-refractivity contribution in [3.8, 4) is 0 Å². The molecule has 20 heavy (non-hydrogen) atoms. The molecule has 2 atom stereocenters. The SMILES string of the molecule is CCCN(CC1CCCNC1)C(C)c1ccc(F)cc1. The number of hydrogen-bond acceptors (Lipinski definition) is 2. The number of nitrogens with zero attached hydrogens (tertiary/aromatic N) is 1. The number of benzene rings is 1. The van der Waals surface area contributed by atoms with Crippen molar-refractivity contribution < 1.29 is 4.39 Å². The van der Waals surface area contributed by atoms with Crippen molar-refractivity contribution in [1.29, 1.82) is 0 Å². The molecule has 2 rings (SSSR count). The third-order valence-corrected chi connectivity index (χ3v) is 4.30. The van der Waals surface area contributed by atoms with Crippen LogP contribution in [-0.2, 0) is 0 Å². The Morgan fingerprint density at radius 1 is 1.35 bits per heavy atom.